The Balaban J connectivity index is 1.30. The van der Waals surface area contributed by atoms with Crippen LogP contribution in [-0.2, 0) is 17.4 Å². The van der Waals surface area contributed by atoms with Crippen LogP contribution in [0, 0.1) is 0 Å². The molecule has 10 heteroatoms. The summed E-state index contributed by atoms with van der Waals surface area (Å²) >= 11 is 6.05. The highest BCUT2D eigenvalue weighted by molar-refractivity contribution is 6.30. The lowest BCUT2D eigenvalue weighted by atomic mass is 10.1. The standard InChI is InChI=1S/C22H20ClF3N4O2/c23-17-5-2-6-18(14-17)29-9-11-30(12-10-29)20(31)8-7-19-27-21(28-32-19)15-3-1-4-16(13-15)22(24,25)26/h1-6,13-14H,7-12H2. The van der Waals surface area contributed by atoms with E-state index in [4.69, 9.17) is 16.1 Å². The molecule has 1 aliphatic heterocycles. The molecule has 1 saturated heterocycles. The fourth-order valence-corrected chi connectivity index (χ4v) is 3.75. The number of piperazine rings is 1. The monoisotopic (exact) mass is 464 g/mol. The molecule has 168 valence electrons. The molecule has 0 saturated carbocycles. The Hall–Kier alpha value is -3.07. The fourth-order valence-electron chi connectivity index (χ4n) is 3.57. The maximum atomic E-state index is 12.9. The van der Waals surface area contributed by atoms with Crippen LogP contribution in [0.5, 0.6) is 0 Å². The highest BCUT2D eigenvalue weighted by atomic mass is 35.5. The molecule has 0 atom stereocenters. The second-order valence-electron chi connectivity index (χ2n) is 7.44. The summed E-state index contributed by atoms with van der Waals surface area (Å²) in [5, 5.41) is 4.43. The zero-order valence-corrected chi connectivity index (χ0v) is 17.7. The van der Waals surface area contributed by atoms with Gasteiger partial charge in [0.05, 0.1) is 5.56 Å². The molecule has 0 spiro atoms. The smallest absolute Gasteiger partial charge is 0.368 e. The number of carbonyl (C=O) groups is 1. The number of hydrogen-bond acceptors (Lipinski definition) is 5. The summed E-state index contributed by atoms with van der Waals surface area (Å²) in [6, 6.07) is 12.3. The molecule has 2 aromatic carbocycles. The van der Waals surface area contributed by atoms with Crippen molar-refractivity contribution in [2.45, 2.75) is 19.0 Å². The molecule has 0 bridgehead atoms. The van der Waals surface area contributed by atoms with E-state index in [0.717, 1.165) is 17.8 Å². The van der Waals surface area contributed by atoms with Crippen LogP contribution in [0.3, 0.4) is 0 Å². The molecule has 1 amide bonds. The average molecular weight is 465 g/mol. The van der Waals surface area contributed by atoms with Crippen molar-refractivity contribution in [3.05, 3.63) is 65.0 Å². The van der Waals surface area contributed by atoms with Crippen LogP contribution in [0.1, 0.15) is 17.9 Å². The van der Waals surface area contributed by atoms with E-state index >= 15 is 0 Å². The lowest BCUT2D eigenvalue weighted by Crippen LogP contribution is -2.48. The van der Waals surface area contributed by atoms with Gasteiger partial charge in [0.1, 0.15) is 0 Å². The number of nitrogens with zero attached hydrogens (tertiary/aromatic N) is 4. The van der Waals surface area contributed by atoms with Crippen molar-refractivity contribution in [2.24, 2.45) is 0 Å². The van der Waals surface area contributed by atoms with Crippen LogP contribution in [-0.4, -0.2) is 47.1 Å². The van der Waals surface area contributed by atoms with Crippen molar-refractivity contribution in [1.29, 1.82) is 0 Å². The normalized spacial score (nSPS) is 14.6. The van der Waals surface area contributed by atoms with Gasteiger partial charge in [0.2, 0.25) is 17.6 Å². The molecule has 0 unspecified atom stereocenters. The van der Waals surface area contributed by atoms with E-state index in [-0.39, 0.29) is 36.0 Å². The van der Waals surface area contributed by atoms with E-state index in [2.05, 4.69) is 15.0 Å². The van der Waals surface area contributed by atoms with Crippen molar-refractivity contribution < 1.29 is 22.5 Å². The van der Waals surface area contributed by atoms with Crippen LogP contribution in [0.2, 0.25) is 5.02 Å². The molecule has 2 heterocycles. The predicted octanol–water partition coefficient (Wildman–Crippen LogP) is 4.69. The Morgan fingerprint density at radius 1 is 1.06 bits per heavy atom. The summed E-state index contributed by atoms with van der Waals surface area (Å²) in [6.45, 7) is 2.58. The quantitative estimate of drug-likeness (QED) is 0.548. The van der Waals surface area contributed by atoms with Gasteiger partial charge in [0.15, 0.2) is 0 Å². The van der Waals surface area contributed by atoms with Crippen molar-refractivity contribution >= 4 is 23.2 Å². The Kier molecular flexibility index (Phi) is 6.36. The van der Waals surface area contributed by atoms with Crippen molar-refractivity contribution in [1.82, 2.24) is 15.0 Å². The van der Waals surface area contributed by atoms with Crippen molar-refractivity contribution in [2.75, 3.05) is 31.1 Å². The number of aryl methyl sites for hydroxylation is 1. The van der Waals surface area contributed by atoms with Crippen molar-refractivity contribution in [3.63, 3.8) is 0 Å². The van der Waals surface area contributed by atoms with Gasteiger partial charge in [0, 0.05) is 55.3 Å². The second-order valence-corrected chi connectivity index (χ2v) is 7.87. The first-order chi connectivity index (χ1) is 15.3. The van der Waals surface area contributed by atoms with E-state index in [1.807, 2.05) is 24.3 Å². The first kappa shape index (κ1) is 22.1. The Bertz CT molecular complexity index is 1090. The van der Waals surface area contributed by atoms with E-state index in [1.165, 1.54) is 12.1 Å². The Labute approximate surface area is 187 Å². The number of rotatable bonds is 5. The van der Waals surface area contributed by atoms with E-state index in [9.17, 15) is 18.0 Å². The summed E-state index contributed by atoms with van der Waals surface area (Å²) in [6.07, 6.45) is -4.05. The zero-order chi connectivity index (χ0) is 22.7. The number of hydrogen-bond donors (Lipinski definition) is 0. The van der Waals surface area contributed by atoms with Gasteiger partial charge in [-0.25, -0.2) is 0 Å². The number of aromatic nitrogens is 2. The summed E-state index contributed by atoms with van der Waals surface area (Å²) < 4.78 is 43.8. The number of anilines is 1. The van der Waals surface area contributed by atoms with Crippen molar-refractivity contribution in [3.8, 4) is 11.4 Å². The van der Waals surface area contributed by atoms with Gasteiger partial charge in [0.25, 0.3) is 0 Å². The lowest BCUT2D eigenvalue weighted by Gasteiger charge is -2.36. The summed E-state index contributed by atoms with van der Waals surface area (Å²) in [5.41, 5.74) is 0.448. The van der Waals surface area contributed by atoms with E-state index in [1.54, 1.807) is 4.90 Å². The second kappa shape index (κ2) is 9.20. The van der Waals surface area contributed by atoms with Crippen LogP contribution >= 0.6 is 11.6 Å². The van der Waals surface area contributed by atoms with Gasteiger partial charge in [-0.15, -0.1) is 0 Å². The van der Waals surface area contributed by atoms with E-state index < -0.39 is 11.7 Å². The third kappa shape index (κ3) is 5.21. The molecule has 4 rings (SSSR count). The Morgan fingerprint density at radius 3 is 2.53 bits per heavy atom. The van der Waals surface area contributed by atoms with Gasteiger partial charge in [-0.05, 0) is 30.3 Å². The molecule has 3 aromatic rings. The predicted molar refractivity (Wildman–Crippen MR) is 113 cm³/mol. The minimum absolute atomic E-state index is 0.0328. The van der Waals surface area contributed by atoms with Gasteiger partial charge in [-0.2, -0.15) is 18.2 Å². The topological polar surface area (TPSA) is 62.5 Å². The van der Waals surface area contributed by atoms with Crippen LogP contribution in [0.15, 0.2) is 53.1 Å². The summed E-state index contributed by atoms with van der Waals surface area (Å²) in [7, 11) is 0. The minimum atomic E-state index is -4.45. The molecular formula is C22H20ClF3N4O2. The zero-order valence-electron chi connectivity index (χ0n) is 17.0. The molecule has 32 heavy (non-hydrogen) atoms. The van der Waals surface area contributed by atoms with Gasteiger partial charge >= 0.3 is 6.18 Å². The maximum absolute atomic E-state index is 12.9. The number of amides is 1. The Morgan fingerprint density at radius 2 is 1.81 bits per heavy atom. The van der Waals surface area contributed by atoms with Gasteiger partial charge < -0.3 is 14.3 Å². The summed E-state index contributed by atoms with van der Waals surface area (Å²) in [4.78, 5) is 20.7. The third-order valence-corrected chi connectivity index (χ3v) is 5.51. The van der Waals surface area contributed by atoms with Crippen LogP contribution in [0.25, 0.3) is 11.4 Å². The maximum Gasteiger partial charge on any atom is 0.416 e. The average Bonchev–Trinajstić information content (AvgIpc) is 3.26. The molecule has 0 N–H and O–H groups in total. The summed E-state index contributed by atoms with van der Waals surface area (Å²) in [5.74, 6) is 0.242. The number of alkyl halides is 3. The number of carbonyl (C=O) groups excluding carboxylic acids is 1. The highest BCUT2D eigenvalue weighted by Gasteiger charge is 2.31. The number of halogens is 4. The SMILES string of the molecule is O=C(CCc1nc(-c2cccc(C(F)(F)F)c2)no1)N1CCN(c2cccc(Cl)c2)CC1. The molecule has 1 aromatic heterocycles. The molecule has 0 aliphatic carbocycles. The first-order valence-electron chi connectivity index (χ1n) is 10.1. The first-order valence-corrected chi connectivity index (χ1v) is 10.5. The highest BCUT2D eigenvalue weighted by Crippen LogP contribution is 2.31. The lowest BCUT2D eigenvalue weighted by molar-refractivity contribution is -0.137. The molecule has 1 aliphatic rings. The van der Waals surface area contributed by atoms with Crippen LogP contribution < -0.4 is 4.90 Å². The molecular weight excluding hydrogens is 445 g/mol. The minimum Gasteiger partial charge on any atom is -0.368 e. The third-order valence-electron chi connectivity index (χ3n) is 5.27. The van der Waals surface area contributed by atoms with Gasteiger partial charge in [-0.1, -0.05) is 35.0 Å². The molecule has 1 fully saturated rings. The largest absolute Gasteiger partial charge is 0.416 e. The van der Waals surface area contributed by atoms with Gasteiger partial charge in [-0.3, -0.25) is 4.79 Å². The van der Waals surface area contributed by atoms with Crippen LogP contribution in [0.4, 0.5) is 18.9 Å². The fraction of sp³-hybridized carbons (Fsp3) is 0.318. The molecule has 0 radical (unpaired) electrons. The van der Waals surface area contributed by atoms with E-state index in [0.29, 0.717) is 31.2 Å². The number of benzene rings is 2. The molecule has 6 nitrogen and oxygen atoms in total.